The van der Waals surface area contributed by atoms with Gasteiger partial charge in [-0.3, -0.25) is 4.98 Å². The van der Waals surface area contributed by atoms with E-state index < -0.39 is 61.7 Å². The first-order valence-corrected chi connectivity index (χ1v) is 12.2. The lowest BCUT2D eigenvalue weighted by Gasteiger charge is -2.34. The lowest BCUT2D eigenvalue weighted by atomic mass is 10.0. The summed E-state index contributed by atoms with van der Waals surface area (Å²) in [5.41, 5.74) is 0.611. The molecular weight excluding hydrogens is 589 g/mol. The van der Waals surface area contributed by atoms with E-state index in [0.717, 1.165) is 19.2 Å². The number of imidazole rings is 1. The third-order valence-electron chi connectivity index (χ3n) is 6.35. The maximum Gasteiger partial charge on any atom is 0.414 e. The topological polar surface area (TPSA) is 81.5 Å². The van der Waals surface area contributed by atoms with Gasteiger partial charge in [0.25, 0.3) is 0 Å². The maximum absolute atomic E-state index is 14.4. The molecule has 3 aromatic rings. The normalized spacial score (nSPS) is 14.0. The molecule has 2 atom stereocenters. The van der Waals surface area contributed by atoms with Crippen molar-refractivity contribution < 1.29 is 53.8 Å². The van der Waals surface area contributed by atoms with Crippen LogP contribution in [0.4, 0.5) is 44.3 Å². The van der Waals surface area contributed by atoms with E-state index in [0.29, 0.717) is 16.6 Å². The highest BCUT2D eigenvalue weighted by molar-refractivity contribution is 5.89. The molecule has 42 heavy (non-hydrogen) atoms. The molecule has 8 nitrogen and oxygen atoms in total. The summed E-state index contributed by atoms with van der Waals surface area (Å²) in [6.07, 6.45) is -16.7. The summed E-state index contributed by atoms with van der Waals surface area (Å²) in [7, 11) is 4.28. The zero-order valence-corrected chi connectivity index (χ0v) is 22.6. The van der Waals surface area contributed by atoms with Crippen molar-refractivity contribution in [3.63, 3.8) is 0 Å². The number of urea groups is 1. The van der Waals surface area contributed by atoms with Crippen molar-refractivity contribution in [1.82, 2.24) is 24.8 Å². The standard InChI is InChI=1S/C25H26F9N5O3/c1-5-39(22(40)37-19(24(29,30)31)6-7-23(26,27)28)21(25(32,33)34)15-10-14(18(42-4)11-35-15)13-8-16-20(17(9-13)41-3)36-12-38(16)2/h8-12,19,21H,5-7H2,1-4H3,(H,37,40)/t19?,21-/m0/s1. The Morgan fingerprint density at radius 1 is 0.976 bits per heavy atom. The fourth-order valence-corrected chi connectivity index (χ4v) is 4.31. The van der Waals surface area contributed by atoms with E-state index in [1.165, 1.54) is 31.9 Å². The number of hydrogen-bond donors (Lipinski definition) is 1. The molecule has 2 amide bonds. The first kappa shape index (κ1) is 32.6. The fraction of sp³-hybridized carbons (Fsp3) is 0.480. The van der Waals surface area contributed by atoms with Gasteiger partial charge in [0.05, 0.1) is 38.0 Å². The zero-order valence-electron chi connectivity index (χ0n) is 22.6. The van der Waals surface area contributed by atoms with Crippen LogP contribution in [0.15, 0.2) is 30.7 Å². The molecule has 3 rings (SSSR count). The summed E-state index contributed by atoms with van der Waals surface area (Å²) in [6.45, 7) is 0.306. The van der Waals surface area contributed by atoms with Crippen molar-refractivity contribution in [2.75, 3.05) is 20.8 Å². The number of nitrogens with zero attached hydrogens (tertiary/aromatic N) is 4. The Bertz CT molecular complexity index is 1400. The molecule has 0 bridgehead atoms. The van der Waals surface area contributed by atoms with Crippen molar-refractivity contribution in [2.24, 2.45) is 7.05 Å². The van der Waals surface area contributed by atoms with Crippen LogP contribution in [0, 0.1) is 0 Å². The first-order chi connectivity index (χ1) is 19.4. The first-order valence-electron chi connectivity index (χ1n) is 12.2. The fourth-order valence-electron chi connectivity index (χ4n) is 4.31. The molecule has 1 unspecified atom stereocenters. The molecule has 0 fully saturated rings. The summed E-state index contributed by atoms with van der Waals surface area (Å²) >= 11 is 0. The van der Waals surface area contributed by atoms with Gasteiger partial charge >= 0.3 is 24.6 Å². The predicted octanol–water partition coefficient (Wildman–Crippen LogP) is 6.56. The number of aromatic nitrogens is 3. The molecule has 1 aromatic carbocycles. The second-order valence-corrected chi connectivity index (χ2v) is 9.14. The number of ether oxygens (including phenoxy) is 2. The van der Waals surface area contributed by atoms with E-state index in [1.807, 2.05) is 0 Å². The number of methoxy groups -OCH3 is 2. The minimum Gasteiger partial charge on any atom is -0.494 e. The largest absolute Gasteiger partial charge is 0.494 e. The molecule has 0 saturated heterocycles. The van der Waals surface area contributed by atoms with Gasteiger partial charge in [-0.1, -0.05) is 0 Å². The number of aryl methyl sites for hydroxylation is 1. The van der Waals surface area contributed by atoms with Crippen molar-refractivity contribution >= 4 is 17.1 Å². The molecule has 0 radical (unpaired) electrons. The van der Waals surface area contributed by atoms with Crippen LogP contribution in [0.2, 0.25) is 0 Å². The third-order valence-corrected chi connectivity index (χ3v) is 6.35. The molecule has 0 aliphatic rings. The number of rotatable bonds is 9. The molecular formula is C25H26F9N5O3. The molecule has 0 spiro atoms. The van der Waals surface area contributed by atoms with Gasteiger partial charge in [0.15, 0.2) is 6.04 Å². The number of alkyl halides is 9. The Labute approximate surface area is 233 Å². The van der Waals surface area contributed by atoms with Gasteiger partial charge in [0.2, 0.25) is 0 Å². The van der Waals surface area contributed by atoms with Crippen molar-refractivity contribution in [1.29, 1.82) is 0 Å². The summed E-state index contributed by atoms with van der Waals surface area (Å²) < 4.78 is 134. The van der Waals surface area contributed by atoms with E-state index >= 15 is 0 Å². The van der Waals surface area contributed by atoms with Gasteiger partial charge in [-0.2, -0.15) is 39.5 Å². The number of fused-ring (bicyclic) bond motifs is 1. The number of amides is 2. The number of hydrogen-bond acceptors (Lipinski definition) is 5. The molecule has 17 heteroatoms. The molecule has 232 valence electrons. The van der Waals surface area contributed by atoms with Crippen LogP contribution < -0.4 is 14.8 Å². The van der Waals surface area contributed by atoms with Crippen LogP contribution in [-0.4, -0.2) is 70.8 Å². The molecule has 0 aliphatic heterocycles. The Balaban J connectivity index is 2.09. The van der Waals surface area contributed by atoms with Gasteiger partial charge < -0.3 is 24.3 Å². The highest BCUT2D eigenvalue weighted by atomic mass is 19.4. The molecule has 0 saturated carbocycles. The van der Waals surface area contributed by atoms with Crippen LogP contribution >= 0.6 is 0 Å². The second-order valence-electron chi connectivity index (χ2n) is 9.14. The summed E-state index contributed by atoms with van der Waals surface area (Å²) in [5.74, 6) is 0.308. The Morgan fingerprint density at radius 3 is 2.14 bits per heavy atom. The van der Waals surface area contributed by atoms with Crippen LogP contribution in [-0.2, 0) is 7.05 Å². The second kappa shape index (κ2) is 12.1. The van der Waals surface area contributed by atoms with E-state index in [9.17, 15) is 44.3 Å². The lowest BCUT2D eigenvalue weighted by Crippen LogP contribution is -2.53. The van der Waals surface area contributed by atoms with E-state index in [1.54, 1.807) is 17.7 Å². The van der Waals surface area contributed by atoms with E-state index in [2.05, 4.69) is 9.97 Å². The van der Waals surface area contributed by atoms with Crippen LogP contribution in [0.25, 0.3) is 22.2 Å². The minimum atomic E-state index is -5.36. The average molecular weight is 615 g/mol. The van der Waals surface area contributed by atoms with E-state index in [-0.39, 0.29) is 22.0 Å². The Kier molecular flexibility index (Phi) is 9.41. The number of halogens is 9. The van der Waals surface area contributed by atoms with Gasteiger partial charge in [0.1, 0.15) is 23.1 Å². The number of nitrogens with one attached hydrogen (secondary N) is 1. The number of benzene rings is 1. The SMILES string of the molecule is CCN(C(=O)NC(CCC(F)(F)F)C(F)(F)F)[C@@H](c1cc(-c2cc(OC)c3ncn(C)c3c2)c(OC)cn1)C(F)(F)F. The molecule has 2 aromatic heterocycles. The Hall–Kier alpha value is -3.92. The van der Waals surface area contributed by atoms with Gasteiger partial charge in [-0.05, 0) is 37.1 Å². The van der Waals surface area contributed by atoms with Crippen LogP contribution in [0.1, 0.15) is 31.5 Å². The highest BCUT2D eigenvalue weighted by Gasteiger charge is 2.49. The minimum absolute atomic E-state index is 0.0236. The number of carbonyl (C=O) groups excluding carboxylic acids is 1. The third kappa shape index (κ3) is 7.28. The van der Waals surface area contributed by atoms with Gasteiger partial charge in [0, 0.05) is 25.6 Å². The van der Waals surface area contributed by atoms with E-state index in [4.69, 9.17) is 9.47 Å². The average Bonchev–Trinajstić information content (AvgIpc) is 3.27. The lowest BCUT2D eigenvalue weighted by molar-refractivity contribution is -0.182. The maximum atomic E-state index is 14.4. The zero-order chi connectivity index (χ0) is 31.6. The quantitative estimate of drug-likeness (QED) is 0.276. The molecule has 1 N–H and O–H groups in total. The smallest absolute Gasteiger partial charge is 0.414 e. The van der Waals surface area contributed by atoms with Crippen molar-refractivity contribution in [3.05, 3.63) is 36.4 Å². The highest BCUT2D eigenvalue weighted by Crippen LogP contribution is 2.42. The van der Waals surface area contributed by atoms with Gasteiger partial charge in [-0.15, -0.1) is 0 Å². The molecule has 0 aliphatic carbocycles. The predicted molar refractivity (Wildman–Crippen MR) is 132 cm³/mol. The summed E-state index contributed by atoms with van der Waals surface area (Å²) in [6, 6.07) is -3.75. The van der Waals surface area contributed by atoms with Crippen molar-refractivity contribution in [2.45, 2.75) is 50.4 Å². The van der Waals surface area contributed by atoms with Crippen molar-refractivity contribution in [3.8, 4) is 22.6 Å². The monoisotopic (exact) mass is 615 g/mol. The summed E-state index contributed by atoms with van der Waals surface area (Å²) in [4.78, 5) is 20.8. The van der Waals surface area contributed by atoms with Gasteiger partial charge in [-0.25, -0.2) is 9.78 Å². The number of pyridine rings is 1. The number of carbonyl (C=O) groups is 1. The van der Waals surface area contributed by atoms with Crippen LogP contribution in [0.5, 0.6) is 11.5 Å². The Morgan fingerprint density at radius 2 is 1.62 bits per heavy atom. The van der Waals surface area contributed by atoms with Crippen LogP contribution in [0.3, 0.4) is 0 Å². The summed E-state index contributed by atoms with van der Waals surface area (Å²) in [5, 5.41) is 1.29. The molecule has 2 heterocycles.